The first-order chi connectivity index (χ1) is 15.5. The van der Waals surface area contributed by atoms with Gasteiger partial charge >= 0.3 is 0 Å². The molecule has 4 rings (SSSR count). The number of nitrogens with zero attached hydrogens (tertiary/aromatic N) is 3. The molecule has 1 aliphatic rings. The molecule has 0 radical (unpaired) electrons. The molecule has 0 spiro atoms. The molecule has 1 aliphatic heterocycles. The van der Waals surface area contributed by atoms with Crippen LogP contribution >= 0.6 is 0 Å². The van der Waals surface area contributed by atoms with Gasteiger partial charge in [-0.15, -0.1) is 0 Å². The number of aromatic nitrogens is 2. The number of piperidine rings is 1. The lowest BCUT2D eigenvalue weighted by molar-refractivity contribution is -0.124. The Kier molecular flexibility index (Phi) is 6.83. The first kappa shape index (κ1) is 22.0. The highest BCUT2D eigenvalue weighted by molar-refractivity contribution is 5.91. The smallest absolute Gasteiger partial charge is 0.267 e. The molecule has 2 heterocycles. The summed E-state index contributed by atoms with van der Waals surface area (Å²) in [5.41, 5.74) is 7.08. The molecule has 6 heteroatoms. The van der Waals surface area contributed by atoms with Crippen molar-refractivity contribution in [3.05, 3.63) is 83.2 Å². The van der Waals surface area contributed by atoms with Crippen molar-refractivity contribution >= 4 is 12.0 Å². The van der Waals surface area contributed by atoms with Crippen LogP contribution in [-0.2, 0) is 11.2 Å². The van der Waals surface area contributed by atoms with Crippen LogP contribution in [0.4, 0.5) is 0 Å². The molecule has 0 bridgehead atoms. The zero-order valence-corrected chi connectivity index (χ0v) is 18.7. The minimum Gasteiger partial charge on any atom is -0.324 e. The molecular weight excluding hydrogens is 400 g/mol. The first-order valence-corrected chi connectivity index (χ1v) is 11.1. The van der Waals surface area contributed by atoms with Crippen LogP contribution in [0.5, 0.6) is 0 Å². The van der Waals surface area contributed by atoms with Crippen LogP contribution in [-0.4, -0.2) is 45.7 Å². The van der Waals surface area contributed by atoms with E-state index in [1.54, 1.807) is 11.6 Å². The molecule has 32 heavy (non-hydrogen) atoms. The maximum atomic E-state index is 11.4. The fraction of sp³-hybridized carbons (Fsp3) is 0.308. The number of amides is 1. The number of nitrogens with one attached hydrogen (secondary N) is 1. The molecule has 2 aromatic carbocycles. The van der Waals surface area contributed by atoms with Crippen LogP contribution in [0.25, 0.3) is 17.5 Å². The van der Waals surface area contributed by atoms with Gasteiger partial charge in [-0.05, 0) is 56.6 Å². The van der Waals surface area contributed by atoms with E-state index >= 15 is 0 Å². The van der Waals surface area contributed by atoms with Gasteiger partial charge in [0, 0.05) is 36.3 Å². The van der Waals surface area contributed by atoms with Gasteiger partial charge in [-0.1, -0.05) is 48.5 Å². The highest BCUT2D eigenvalue weighted by atomic mass is 16.5. The molecule has 1 amide bonds. The molecule has 1 atom stereocenters. The Morgan fingerprint density at radius 2 is 2.03 bits per heavy atom. The second-order valence-electron chi connectivity index (χ2n) is 8.49. The number of hydrogen-bond donors (Lipinski definition) is 2. The van der Waals surface area contributed by atoms with Crippen molar-refractivity contribution in [3.8, 4) is 11.4 Å². The van der Waals surface area contributed by atoms with E-state index in [1.165, 1.54) is 23.8 Å². The van der Waals surface area contributed by atoms with Crippen molar-refractivity contribution in [2.45, 2.75) is 32.2 Å². The summed E-state index contributed by atoms with van der Waals surface area (Å²) in [6, 6.07) is 18.9. The SMILES string of the molecule is Cc1c(Cc2ccccc2)nc(-c2cccc(C=CC(=O)NO)c2)n1[C@@H]1CCCN(C)C1. The first-order valence-electron chi connectivity index (χ1n) is 11.1. The number of imidazole rings is 1. The zero-order valence-electron chi connectivity index (χ0n) is 18.7. The van der Waals surface area contributed by atoms with Gasteiger partial charge in [0.2, 0.25) is 0 Å². The fourth-order valence-electron chi connectivity index (χ4n) is 4.51. The van der Waals surface area contributed by atoms with E-state index in [0.717, 1.165) is 48.6 Å². The Morgan fingerprint density at radius 3 is 2.78 bits per heavy atom. The number of likely N-dealkylation sites (tertiary alicyclic amines) is 1. The summed E-state index contributed by atoms with van der Waals surface area (Å²) < 4.78 is 2.41. The van der Waals surface area contributed by atoms with Gasteiger partial charge in [0.25, 0.3) is 5.91 Å². The molecule has 1 aromatic heterocycles. The zero-order chi connectivity index (χ0) is 22.5. The standard InChI is InChI=1S/C26H30N4O2/c1-19-24(17-20-8-4-3-5-9-20)27-26(30(19)23-12-7-15-29(2)18-23)22-11-6-10-21(16-22)13-14-25(31)28-32/h3-6,8-11,13-14,16,23,32H,7,12,15,17-18H2,1-2H3,(H,28,31)/t23-/m1/s1. The quantitative estimate of drug-likeness (QED) is 0.349. The van der Waals surface area contributed by atoms with E-state index in [9.17, 15) is 4.79 Å². The number of hydroxylamine groups is 1. The summed E-state index contributed by atoms with van der Waals surface area (Å²) in [4.78, 5) is 18.9. The normalized spacial score (nSPS) is 17.0. The van der Waals surface area contributed by atoms with E-state index in [-0.39, 0.29) is 0 Å². The van der Waals surface area contributed by atoms with Crippen LogP contribution < -0.4 is 5.48 Å². The van der Waals surface area contributed by atoms with Crippen molar-refractivity contribution in [1.29, 1.82) is 0 Å². The maximum Gasteiger partial charge on any atom is 0.267 e. The molecule has 0 unspecified atom stereocenters. The third-order valence-corrected chi connectivity index (χ3v) is 6.11. The number of carbonyl (C=O) groups excluding carboxylic acids is 1. The molecule has 1 fully saturated rings. The summed E-state index contributed by atoms with van der Waals surface area (Å²) in [5.74, 6) is 0.415. The summed E-state index contributed by atoms with van der Waals surface area (Å²) in [5, 5.41) is 8.73. The van der Waals surface area contributed by atoms with Crippen molar-refractivity contribution in [2.24, 2.45) is 0 Å². The van der Waals surface area contributed by atoms with Gasteiger partial charge in [0.15, 0.2) is 0 Å². The van der Waals surface area contributed by atoms with Gasteiger partial charge in [-0.3, -0.25) is 10.0 Å². The largest absolute Gasteiger partial charge is 0.324 e. The number of rotatable bonds is 6. The number of carbonyl (C=O) groups is 1. The van der Waals surface area contributed by atoms with Crippen LogP contribution in [0.2, 0.25) is 0 Å². The van der Waals surface area contributed by atoms with Gasteiger partial charge in [-0.2, -0.15) is 0 Å². The molecule has 3 aromatic rings. The second-order valence-corrected chi connectivity index (χ2v) is 8.49. The minimum atomic E-state index is -0.553. The van der Waals surface area contributed by atoms with E-state index in [0.29, 0.717) is 6.04 Å². The number of benzene rings is 2. The Morgan fingerprint density at radius 1 is 1.22 bits per heavy atom. The topological polar surface area (TPSA) is 70.4 Å². The van der Waals surface area contributed by atoms with Gasteiger partial charge < -0.3 is 9.47 Å². The van der Waals surface area contributed by atoms with E-state index in [4.69, 9.17) is 10.2 Å². The Hall–Kier alpha value is -3.22. The van der Waals surface area contributed by atoms with Gasteiger partial charge in [-0.25, -0.2) is 10.5 Å². The predicted octanol–water partition coefficient (Wildman–Crippen LogP) is 4.23. The van der Waals surface area contributed by atoms with E-state index in [1.807, 2.05) is 24.3 Å². The average Bonchev–Trinajstić information content (AvgIpc) is 3.14. The molecular formula is C26H30N4O2. The Balaban J connectivity index is 1.75. The Bertz CT molecular complexity index is 1100. The summed E-state index contributed by atoms with van der Waals surface area (Å²) in [6.07, 6.45) is 6.11. The molecule has 1 saturated heterocycles. The third-order valence-electron chi connectivity index (χ3n) is 6.11. The third kappa shape index (κ3) is 4.98. The molecule has 166 valence electrons. The predicted molar refractivity (Wildman–Crippen MR) is 126 cm³/mol. The lowest BCUT2D eigenvalue weighted by Gasteiger charge is -2.32. The highest BCUT2D eigenvalue weighted by Gasteiger charge is 2.25. The molecule has 0 aliphatic carbocycles. The summed E-state index contributed by atoms with van der Waals surface area (Å²) in [7, 11) is 2.18. The van der Waals surface area contributed by atoms with Crippen LogP contribution in [0.3, 0.4) is 0 Å². The monoisotopic (exact) mass is 430 g/mol. The van der Waals surface area contributed by atoms with Crippen molar-refractivity contribution in [3.63, 3.8) is 0 Å². The summed E-state index contributed by atoms with van der Waals surface area (Å²) >= 11 is 0. The lowest BCUT2D eigenvalue weighted by atomic mass is 10.0. The van der Waals surface area contributed by atoms with Crippen LogP contribution in [0.15, 0.2) is 60.7 Å². The summed E-state index contributed by atoms with van der Waals surface area (Å²) in [6.45, 7) is 4.31. The molecule has 2 N–H and O–H groups in total. The maximum absolute atomic E-state index is 11.4. The highest BCUT2D eigenvalue weighted by Crippen LogP contribution is 2.32. The molecule has 0 saturated carbocycles. The average molecular weight is 431 g/mol. The van der Waals surface area contributed by atoms with E-state index < -0.39 is 5.91 Å². The number of likely N-dealkylation sites (N-methyl/N-ethyl adjacent to an activating group) is 1. The van der Waals surface area contributed by atoms with Crippen molar-refractivity contribution in [1.82, 2.24) is 19.9 Å². The number of hydrogen-bond acceptors (Lipinski definition) is 4. The Labute approximate surface area is 189 Å². The van der Waals surface area contributed by atoms with Crippen LogP contribution in [0.1, 0.15) is 41.4 Å². The van der Waals surface area contributed by atoms with Crippen LogP contribution in [0, 0.1) is 6.92 Å². The lowest BCUT2D eigenvalue weighted by Crippen LogP contribution is -2.34. The minimum absolute atomic E-state index is 0.375. The van der Waals surface area contributed by atoms with Crippen molar-refractivity contribution in [2.75, 3.05) is 20.1 Å². The van der Waals surface area contributed by atoms with Gasteiger partial charge in [0.05, 0.1) is 5.69 Å². The second kappa shape index (κ2) is 9.94. The fourth-order valence-corrected chi connectivity index (χ4v) is 4.51. The van der Waals surface area contributed by atoms with Gasteiger partial charge in [0.1, 0.15) is 5.82 Å². The van der Waals surface area contributed by atoms with Crippen molar-refractivity contribution < 1.29 is 10.0 Å². The molecule has 6 nitrogen and oxygen atoms in total. The van der Waals surface area contributed by atoms with E-state index in [2.05, 4.69) is 53.8 Å².